The van der Waals surface area contributed by atoms with Crippen LogP contribution < -0.4 is 5.32 Å². The van der Waals surface area contributed by atoms with E-state index in [-0.39, 0.29) is 18.4 Å². The van der Waals surface area contributed by atoms with E-state index >= 15 is 0 Å². The second-order valence-corrected chi connectivity index (χ2v) is 6.21. The van der Waals surface area contributed by atoms with Crippen molar-refractivity contribution in [3.63, 3.8) is 0 Å². The van der Waals surface area contributed by atoms with Gasteiger partial charge in [-0.2, -0.15) is 11.8 Å². The molecule has 0 saturated heterocycles. The fourth-order valence-corrected chi connectivity index (χ4v) is 2.19. The summed E-state index contributed by atoms with van der Waals surface area (Å²) < 4.78 is 4.95. The summed E-state index contributed by atoms with van der Waals surface area (Å²) in [6, 6.07) is -0.710. The first-order valence-electron chi connectivity index (χ1n) is 5.09. The van der Waals surface area contributed by atoms with E-state index in [0.717, 1.165) is 0 Å². The zero-order chi connectivity index (χ0) is 13.3. The molecule has 8 heteroatoms. The van der Waals surface area contributed by atoms with Crippen LogP contribution in [0.4, 0.5) is 0 Å². The van der Waals surface area contributed by atoms with Gasteiger partial charge in [0.25, 0.3) is 0 Å². The maximum absolute atomic E-state index is 11.7. The Morgan fingerprint density at radius 1 is 1.41 bits per heavy atom. The molecule has 99 valence electrons. The molecule has 0 fully saturated rings. The smallest absolute Gasteiger partial charge is 0.337 e. The summed E-state index contributed by atoms with van der Waals surface area (Å²) in [4.78, 5) is 22.6. The van der Waals surface area contributed by atoms with E-state index in [1.165, 1.54) is 6.92 Å². The lowest BCUT2D eigenvalue weighted by Crippen LogP contribution is -2.44. The number of nitrogens with one attached hydrogen (secondary N) is 1. The van der Waals surface area contributed by atoms with Gasteiger partial charge in [0.05, 0.1) is 12.5 Å². The molecule has 0 saturated carbocycles. The van der Waals surface area contributed by atoms with Gasteiger partial charge in [-0.25, -0.2) is 0 Å². The van der Waals surface area contributed by atoms with E-state index in [1.54, 1.807) is 11.8 Å². The molecule has 0 heterocycles. The molecule has 0 aliphatic rings. The Morgan fingerprint density at radius 2 is 2.00 bits per heavy atom. The SMILES string of the molecule is CSCCC(NC(C)=O)C(=O)O[Si](CO)CO. The van der Waals surface area contributed by atoms with Crippen molar-refractivity contribution in [1.29, 1.82) is 0 Å². The molecular weight excluding hydrogens is 262 g/mol. The predicted octanol–water partition coefficient (Wildman–Crippen LogP) is -1.16. The molecule has 0 bridgehead atoms. The van der Waals surface area contributed by atoms with Crippen LogP contribution in [0.3, 0.4) is 0 Å². The van der Waals surface area contributed by atoms with Crippen LogP contribution in [0.25, 0.3) is 0 Å². The zero-order valence-electron chi connectivity index (χ0n) is 9.93. The number of aliphatic hydroxyl groups is 2. The lowest BCUT2D eigenvalue weighted by molar-refractivity contribution is -0.139. The quantitative estimate of drug-likeness (QED) is 0.486. The third-order valence-electron chi connectivity index (χ3n) is 1.87. The van der Waals surface area contributed by atoms with E-state index < -0.39 is 21.1 Å². The van der Waals surface area contributed by atoms with Gasteiger partial charge in [0.1, 0.15) is 6.04 Å². The van der Waals surface area contributed by atoms with Crippen LogP contribution in [0.15, 0.2) is 0 Å². The van der Waals surface area contributed by atoms with Crippen LogP contribution >= 0.6 is 11.8 Å². The first-order valence-corrected chi connectivity index (χ1v) is 8.30. The largest absolute Gasteiger partial charge is 0.511 e. The molecule has 0 aromatic carbocycles. The number of hydrogen-bond acceptors (Lipinski definition) is 6. The van der Waals surface area contributed by atoms with Gasteiger partial charge in [0.2, 0.25) is 5.91 Å². The minimum Gasteiger partial charge on any atom is -0.511 e. The van der Waals surface area contributed by atoms with Gasteiger partial charge in [-0.05, 0) is 18.4 Å². The minimum absolute atomic E-state index is 0.310. The average molecular weight is 280 g/mol. The fraction of sp³-hybridized carbons (Fsp3) is 0.778. The second kappa shape index (κ2) is 9.46. The van der Waals surface area contributed by atoms with E-state index in [9.17, 15) is 9.59 Å². The predicted molar refractivity (Wildman–Crippen MR) is 66.6 cm³/mol. The molecule has 17 heavy (non-hydrogen) atoms. The molecule has 6 nitrogen and oxygen atoms in total. The molecule has 1 unspecified atom stereocenters. The minimum atomic E-state index is -1.92. The summed E-state index contributed by atoms with van der Waals surface area (Å²) in [5, 5.41) is 20.2. The van der Waals surface area contributed by atoms with Gasteiger partial charge in [-0.15, -0.1) is 0 Å². The summed E-state index contributed by atoms with van der Waals surface area (Å²) >= 11 is 1.56. The van der Waals surface area contributed by atoms with Crippen molar-refractivity contribution >= 4 is 32.7 Å². The van der Waals surface area contributed by atoms with Crippen molar-refractivity contribution in [2.45, 2.75) is 19.4 Å². The zero-order valence-corrected chi connectivity index (χ0v) is 11.7. The number of hydrogen-bond donors (Lipinski definition) is 3. The topological polar surface area (TPSA) is 95.9 Å². The number of thioether (sulfide) groups is 1. The number of carbonyl (C=O) groups is 2. The Bertz CT molecular complexity index is 250. The number of carbonyl (C=O) groups excluding carboxylic acids is 2. The van der Waals surface area contributed by atoms with Crippen molar-refractivity contribution in [1.82, 2.24) is 5.32 Å². The Kier molecular flexibility index (Phi) is 9.14. The molecule has 1 radical (unpaired) electrons. The van der Waals surface area contributed by atoms with Gasteiger partial charge in [0.15, 0.2) is 0 Å². The van der Waals surface area contributed by atoms with Crippen molar-refractivity contribution < 1.29 is 24.2 Å². The van der Waals surface area contributed by atoms with Gasteiger partial charge in [-0.3, -0.25) is 9.59 Å². The Labute approximate surface area is 106 Å². The number of rotatable bonds is 8. The third-order valence-corrected chi connectivity index (χ3v) is 3.71. The van der Waals surface area contributed by atoms with Gasteiger partial charge in [0, 0.05) is 6.92 Å². The molecule has 0 aromatic heterocycles. The highest BCUT2D eigenvalue weighted by Crippen LogP contribution is 2.03. The maximum atomic E-state index is 11.7. The highest BCUT2D eigenvalue weighted by Gasteiger charge is 2.24. The molecule has 0 aromatic rings. The molecule has 0 aliphatic carbocycles. The standard InChI is InChI=1S/C9H18NO5SSi/c1-7(13)10-8(3-4-16-2)9(14)15-17(5-11)6-12/h8,11-12H,3-6H2,1-2H3,(H,10,13). The normalized spacial score (nSPS) is 12.3. The van der Waals surface area contributed by atoms with Crippen molar-refractivity contribution in [2.75, 3.05) is 24.5 Å². The van der Waals surface area contributed by atoms with Crippen LogP contribution in [0.2, 0.25) is 0 Å². The van der Waals surface area contributed by atoms with Crippen molar-refractivity contribution in [3.8, 4) is 0 Å². The molecular formula is C9H18NO5SSi. The lowest BCUT2D eigenvalue weighted by atomic mass is 10.2. The second-order valence-electron chi connectivity index (χ2n) is 3.31. The Morgan fingerprint density at radius 3 is 2.41 bits per heavy atom. The Hall–Kier alpha value is -0.573. The first-order chi connectivity index (χ1) is 8.04. The molecule has 1 amide bonds. The summed E-state index contributed by atoms with van der Waals surface area (Å²) in [5.74, 6) is -0.193. The third kappa shape index (κ3) is 7.37. The van der Waals surface area contributed by atoms with Gasteiger partial charge in [-0.1, -0.05) is 0 Å². The summed E-state index contributed by atoms with van der Waals surface area (Å²) in [6.07, 6.45) is 1.67. The van der Waals surface area contributed by atoms with Gasteiger partial charge >= 0.3 is 15.0 Å². The highest BCUT2D eigenvalue weighted by atomic mass is 32.2. The first kappa shape index (κ1) is 16.4. The fourth-order valence-electron chi connectivity index (χ4n) is 1.06. The number of amides is 1. The summed E-state index contributed by atoms with van der Waals surface area (Å²) in [7, 11) is -1.92. The monoisotopic (exact) mass is 280 g/mol. The van der Waals surface area contributed by atoms with Crippen LogP contribution in [0.1, 0.15) is 13.3 Å². The maximum Gasteiger partial charge on any atom is 0.337 e. The summed E-state index contributed by atoms with van der Waals surface area (Å²) in [6.45, 7) is 1.32. The van der Waals surface area contributed by atoms with E-state index in [0.29, 0.717) is 12.2 Å². The number of aliphatic hydroxyl groups excluding tert-OH is 2. The summed E-state index contributed by atoms with van der Waals surface area (Å²) in [5.41, 5.74) is 0. The Balaban J connectivity index is 4.34. The van der Waals surface area contributed by atoms with E-state index in [1.807, 2.05) is 6.26 Å². The average Bonchev–Trinajstić information content (AvgIpc) is 2.30. The van der Waals surface area contributed by atoms with Crippen molar-refractivity contribution in [2.24, 2.45) is 0 Å². The van der Waals surface area contributed by atoms with Gasteiger partial charge < -0.3 is 20.0 Å². The van der Waals surface area contributed by atoms with E-state index in [2.05, 4.69) is 5.32 Å². The van der Waals surface area contributed by atoms with Crippen LogP contribution in [0, 0.1) is 0 Å². The van der Waals surface area contributed by atoms with Crippen LogP contribution in [-0.2, 0) is 14.0 Å². The molecule has 0 aliphatic heterocycles. The van der Waals surface area contributed by atoms with Crippen LogP contribution in [0.5, 0.6) is 0 Å². The molecule has 3 N–H and O–H groups in total. The van der Waals surface area contributed by atoms with Crippen LogP contribution in [-0.4, -0.2) is 61.6 Å². The highest BCUT2D eigenvalue weighted by molar-refractivity contribution is 7.98. The van der Waals surface area contributed by atoms with Crippen molar-refractivity contribution in [3.05, 3.63) is 0 Å². The lowest BCUT2D eigenvalue weighted by Gasteiger charge is -2.18. The molecule has 0 rings (SSSR count). The van der Waals surface area contributed by atoms with E-state index in [4.69, 9.17) is 14.6 Å². The molecule has 1 atom stereocenters. The molecule has 0 spiro atoms.